The van der Waals surface area contributed by atoms with Gasteiger partial charge in [-0.25, -0.2) is 4.39 Å². The molecular formula is C26H24F2O. The van der Waals surface area contributed by atoms with Crippen LogP contribution in [0.4, 0.5) is 8.78 Å². The number of benzene rings is 3. The topological polar surface area (TPSA) is 9.23 Å². The fourth-order valence-corrected chi connectivity index (χ4v) is 2.91. The maximum absolute atomic E-state index is 14.3. The Bertz CT molecular complexity index is 1010. The van der Waals surface area contributed by atoms with Crippen molar-refractivity contribution in [1.82, 2.24) is 0 Å². The van der Waals surface area contributed by atoms with Crippen molar-refractivity contribution in [2.75, 3.05) is 6.61 Å². The van der Waals surface area contributed by atoms with E-state index in [-0.39, 0.29) is 11.3 Å². The molecule has 29 heavy (non-hydrogen) atoms. The number of ether oxygens (including phenoxy) is 1. The zero-order valence-corrected chi connectivity index (χ0v) is 16.8. The Morgan fingerprint density at radius 3 is 2.07 bits per heavy atom. The third-order valence-electron chi connectivity index (χ3n) is 4.66. The molecule has 0 atom stereocenters. The normalized spacial score (nSPS) is 10.3. The number of unbranched alkanes of at least 4 members (excludes halogenated alkanes) is 2. The Kier molecular flexibility index (Phi) is 7.03. The standard InChI is InChI=1S/C26H24F2O/c1-3-4-5-18-29-24-17-16-23(25(27)26(24)28)15-10-20-8-13-22(14-9-20)21-11-6-19(2)7-12-21/h6-9,11-14,16-17H,3-5,18H2,1-2H3. The molecule has 3 aromatic carbocycles. The number of hydrogen-bond acceptors (Lipinski definition) is 1. The van der Waals surface area contributed by atoms with Gasteiger partial charge in [0.2, 0.25) is 5.82 Å². The van der Waals surface area contributed by atoms with Crippen LogP contribution in [0.3, 0.4) is 0 Å². The van der Waals surface area contributed by atoms with Crippen LogP contribution in [-0.4, -0.2) is 6.61 Å². The highest BCUT2D eigenvalue weighted by Gasteiger charge is 2.13. The molecule has 0 fully saturated rings. The van der Waals surface area contributed by atoms with Gasteiger partial charge in [-0.05, 0) is 48.7 Å². The van der Waals surface area contributed by atoms with Crippen LogP contribution in [0.5, 0.6) is 5.75 Å². The van der Waals surface area contributed by atoms with Crippen LogP contribution >= 0.6 is 0 Å². The van der Waals surface area contributed by atoms with E-state index in [9.17, 15) is 8.78 Å². The largest absolute Gasteiger partial charge is 0.490 e. The lowest BCUT2D eigenvalue weighted by atomic mass is 10.0. The van der Waals surface area contributed by atoms with Crippen molar-refractivity contribution in [3.05, 3.63) is 89.0 Å². The van der Waals surface area contributed by atoms with E-state index in [0.29, 0.717) is 6.61 Å². The summed E-state index contributed by atoms with van der Waals surface area (Å²) in [5.74, 6) is 3.60. The molecule has 0 radical (unpaired) electrons. The molecule has 0 saturated carbocycles. The molecule has 0 heterocycles. The first-order valence-corrected chi connectivity index (χ1v) is 9.88. The SMILES string of the molecule is CCCCCOc1ccc(C#Cc2ccc(-c3ccc(C)cc3)cc2)c(F)c1F. The van der Waals surface area contributed by atoms with Crippen molar-refractivity contribution < 1.29 is 13.5 Å². The Morgan fingerprint density at radius 2 is 1.41 bits per heavy atom. The first kappa shape index (κ1) is 20.6. The second-order valence-corrected chi connectivity index (χ2v) is 6.99. The van der Waals surface area contributed by atoms with E-state index in [1.807, 2.05) is 24.3 Å². The summed E-state index contributed by atoms with van der Waals surface area (Å²) in [6.45, 7) is 4.50. The van der Waals surface area contributed by atoms with E-state index >= 15 is 0 Å². The van der Waals surface area contributed by atoms with Gasteiger partial charge in [-0.2, -0.15) is 4.39 Å². The van der Waals surface area contributed by atoms with Gasteiger partial charge in [0, 0.05) is 5.56 Å². The lowest BCUT2D eigenvalue weighted by Gasteiger charge is -2.08. The fourth-order valence-electron chi connectivity index (χ4n) is 2.91. The summed E-state index contributed by atoms with van der Waals surface area (Å²) in [5, 5.41) is 0. The van der Waals surface area contributed by atoms with Crippen LogP contribution in [0, 0.1) is 30.4 Å². The highest BCUT2D eigenvalue weighted by Crippen LogP contribution is 2.23. The van der Waals surface area contributed by atoms with Crippen molar-refractivity contribution in [3.8, 4) is 28.7 Å². The fraction of sp³-hybridized carbons (Fsp3) is 0.231. The van der Waals surface area contributed by atoms with E-state index in [2.05, 4.69) is 50.0 Å². The predicted molar refractivity (Wildman–Crippen MR) is 114 cm³/mol. The molecule has 0 aromatic heterocycles. The van der Waals surface area contributed by atoms with Gasteiger partial charge in [-0.3, -0.25) is 0 Å². The average molecular weight is 390 g/mol. The highest BCUT2D eigenvalue weighted by molar-refractivity contribution is 5.64. The van der Waals surface area contributed by atoms with Crippen molar-refractivity contribution in [3.63, 3.8) is 0 Å². The van der Waals surface area contributed by atoms with Crippen molar-refractivity contribution in [2.45, 2.75) is 33.1 Å². The molecular weight excluding hydrogens is 366 g/mol. The van der Waals surface area contributed by atoms with Gasteiger partial charge >= 0.3 is 0 Å². The summed E-state index contributed by atoms with van der Waals surface area (Å²) in [6, 6.07) is 18.9. The summed E-state index contributed by atoms with van der Waals surface area (Å²) in [5.41, 5.74) is 4.17. The van der Waals surface area contributed by atoms with Gasteiger partial charge < -0.3 is 4.74 Å². The minimum absolute atomic E-state index is 0.0195. The third-order valence-corrected chi connectivity index (χ3v) is 4.66. The molecule has 0 unspecified atom stereocenters. The quantitative estimate of drug-likeness (QED) is 0.328. The van der Waals surface area contributed by atoms with E-state index in [4.69, 9.17) is 4.74 Å². The summed E-state index contributed by atoms with van der Waals surface area (Å²) in [7, 11) is 0. The molecule has 1 nitrogen and oxygen atoms in total. The van der Waals surface area contributed by atoms with Crippen LogP contribution < -0.4 is 4.74 Å². The Balaban J connectivity index is 1.72. The number of aryl methyl sites for hydroxylation is 1. The first-order chi connectivity index (χ1) is 14.1. The molecule has 0 bridgehead atoms. The summed E-state index contributed by atoms with van der Waals surface area (Å²) < 4.78 is 33.8. The van der Waals surface area contributed by atoms with Gasteiger partial charge in [-0.1, -0.05) is 73.6 Å². The van der Waals surface area contributed by atoms with Gasteiger partial charge in [-0.15, -0.1) is 0 Å². The summed E-state index contributed by atoms with van der Waals surface area (Å²) in [6.07, 6.45) is 2.86. The maximum Gasteiger partial charge on any atom is 0.201 e. The van der Waals surface area contributed by atoms with Crippen molar-refractivity contribution >= 4 is 0 Å². The summed E-state index contributed by atoms with van der Waals surface area (Å²) in [4.78, 5) is 0. The molecule has 0 spiro atoms. The van der Waals surface area contributed by atoms with Gasteiger partial charge in [0.25, 0.3) is 0 Å². The van der Waals surface area contributed by atoms with E-state index < -0.39 is 11.6 Å². The molecule has 0 aliphatic heterocycles. The minimum Gasteiger partial charge on any atom is -0.490 e. The molecule has 0 aliphatic carbocycles. The number of hydrogen-bond donors (Lipinski definition) is 0. The molecule has 3 rings (SSSR count). The van der Waals surface area contributed by atoms with Gasteiger partial charge in [0.1, 0.15) is 0 Å². The second-order valence-electron chi connectivity index (χ2n) is 6.99. The Hall–Kier alpha value is -3.12. The lowest BCUT2D eigenvalue weighted by molar-refractivity contribution is 0.286. The van der Waals surface area contributed by atoms with Crippen LogP contribution in [0.25, 0.3) is 11.1 Å². The Labute approximate surface area is 171 Å². The first-order valence-electron chi connectivity index (χ1n) is 9.88. The third kappa shape index (κ3) is 5.45. The zero-order valence-electron chi connectivity index (χ0n) is 16.8. The molecule has 148 valence electrons. The molecule has 3 aromatic rings. The smallest absolute Gasteiger partial charge is 0.201 e. The molecule has 3 heteroatoms. The maximum atomic E-state index is 14.3. The monoisotopic (exact) mass is 390 g/mol. The minimum atomic E-state index is -0.983. The van der Waals surface area contributed by atoms with Crippen molar-refractivity contribution in [2.24, 2.45) is 0 Å². The van der Waals surface area contributed by atoms with Crippen LogP contribution in [-0.2, 0) is 0 Å². The van der Waals surface area contributed by atoms with Gasteiger partial charge in [0.15, 0.2) is 11.6 Å². The Morgan fingerprint density at radius 1 is 0.759 bits per heavy atom. The van der Waals surface area contributed by atoms with Crippen LogP contribution in [0.15, 0.2) is 60.7 Å². The summed E-state index contributed by atoms with van der Waals surface area (Å²) >= 11 is 0. The molecule has 0 saturated heterocycles. The molecule has 0 amide bonds. The molecule has 0 N–H and O–H groups in total. The van der Waals surface area contributed by atoms with Crippen molar-refractivity contribution in [1.29, 1.82) is 0 Å². The van der Waals surface area contributed by atoms with E-state index in [1.54, 1.807) is 0 Å². The molecule has 0 aliphatic rings. The number of rotatable bonds is 6. The predicted octanol–water partition coefficient (Wildman–Crippen LogP) is 6.91. The zero-order chi connectivity index (χ0) is 20.6. The van der Waals surface area contributed by atoms with Gasteiger partial charge in [0.05, 0.1) is 12.2 Å². The highest BCUT2D eigenvalue weighted by atomic mass is 19.2. The number of halogens is 2. The van der Waals surface area contributed by atoms with Crippen LogP contribution in [0.2, 0.25) is 0 Å². The van der Waals surface area contributed by atoms with E-state index in [1.165, 1.54) is 17.7 Å². The second kappa shape index (κ2) is 9.89. The average Bonchev–Trinajstić information content (AvgIpc) is 2.74. The lowest BCUT2D eigenvalue weighted by Crippen LogP contribution is -2.01. The van der Waals surface area contributed by atoms with Crippen LogP contribution in [0.1, 0.15) is 42.9 Å². The van der Waals surface area contributed by atoms with E-state index in [0.717, 1.165) is 36.0 Å².